The van der Waals surface area contributed by atoms with Gasteiger partial charge in [0.25, 0.3) is 0 Å². The molecule has 1 fully saturated rings. The molecule has 0 heterocycles. The highest BCUT2D eigenvalue weighted by atomic mass is 16.5. The number of carboxylic acids is 1. The van der Waals surface area contributed by atoms with Crippen LogP contribution < -0.4 is 5.32 Å². The van der Waals surface area contributed by atoms with E-state index in [9.17, 15) is 9.59 Å². The van der Waals surface area contributed by atoms with Crippen molar-refractivity contribution in [3.8, 4) is 0 Å². The first-order valence-electron chi connectivity index (χ1n) is 5.17. The minimum Gasteiger partial charge on any atom is -0.480 e. The second-order valence-corrected chi connectivity index (χ2v) is 4.03. The van der Waals surface area contributed by atoms with Crippen LogP contribution in [0.5, 0.6) is 0 Å². The summed E-state index contributed by atoms with van der Waals surface area (Å²) in [6.45, 7) is 1.35. The number of hydrogen-bond acceptors (Lipinski definition) is 3. The summed E-state index contributed by atoms with van der Waals surface area (Å²) >= 11 is 0. The van der Waals surface area contributed by atoms with Crippen LogP contribution in [0.2, 0.25) is 0 Å². The van der Waals surface area contributed by atoms with Gasteiger partial charge >= 0.3 is 5.97 Å². The number of carbonyl (C=O) groups excluding carboxylic acids is 1. The van der Waals surface area contributed by atoms with E-state index < -0.39 is 12.6 Å². The maximum atomic E-state index is 11.2. The molecule has 0 aromatic carbocycles. The number of amides is 1. The molecule has 15 heavy (non-hydrogen) atoms. The number of rotatable bonds is 7. The summed E-state index contributed by atoms with van der Waals surface area (Å²) in [6.07, 6.45) is 3.52. The Labute approximate surface area is 88.8 Å². The van der Waals surface area contributed by atoms with Gasteiger partial charge in [-0.3, -0.25) is 4.79 Å². The number of nitrogens with one attached hydrogen (secondary N) is 1. The second kappa shape index (κ2) is 5.70. The molecule has 1 saturated carbocycles. The monoisotopic (exact) mass is 215 g/mol. The second-order valence-electron chi connectivity index (χ2n) is 4.03. The van der Waals surface area contributed by atoms with Crippen LogP contribution in [0.3, 0.4) is 0 Å². The van der Waals surface area contributed by atoms with Crippen molar-refractivity contribution in [2.24, 2.45) is 5.92 Å². The van der Waals surface area contributed by atoms with Gasteiger partial charge in [0, 0.05) is 6.04 Å². The van der Waals surface area contributed by atoms with E-state index in [1.165, 1.54) is 12.8 Å². The molecule has 1 atom stereocenters. The van der Waals surface area contributed by atoms with E-state index in [0.717, 1.165) is 12.3 Å². The first-order chi connectivity index (χ1) is 7.08. The van der Waals surface area contributed by atoms with Crippen molar-refractivity contribution in [1.82, 2.24) is 5.32 Å². The third-order valence-corrected chi connectivity index (χ3v) is 2.25. The first-order valence-corrected chi connectivity index (χ1v) is 5.17. The van der Waals surface area contributed by atoms with Crippen LogP contribution in [0, 0.1) is 5.92 Å². The topological polar surface area (TPSA) is 75.6 Å². The minimum atomic E-state index is -1.06. The van der Waals surface area contributed by atoms with E-state index in [2.05, 4.69) is 10.1 Å². The van der Waals surface area contributed by atoms with E-state index in [0.29, 0.717) is 0 Å². The molecule has 0 aliphatic heterocycles. The van der Waals surface area contributed by atoms with Crippen LogP contribution in [0.1, 0.15) is 26.2 Å². The fraction of sp³-hybridized carbons (Fsp3) is 0.800. The highest BCUT2D eigenvalue weighted by molar-refractivity contribution is 5.78. The SMILES string of the molecule is CC(CC1CC1)NC(=O)COCC(=O)O. The van der Waals surface area contributed by atoms with Gasteiger partial charge in [0.2, 0.25) is 5.91 Å². The maximum Gasteiger partial charge on any atom is 0.329 e. The Morgan fingerprint density at radius 2 is 2.13 bits per heavy atom. The van der Waals surface area contributed by atoms with Crippen molar-refractivity contribution < 1.29 is 19.4 Å². The molecule has 0 saturated heterocycles. The molecule has 1 rings (SSSR count). The van der Waals surface area contributed by atoms with Crippen molar-refractivity contribution in [1.29, 1.82) is 0 Å². The minimum absolute atomic E-state index is 0.151. The molecular weight excluding hydrogens is 198 g/mol. The lowest BCUT2D eigenvalue weighted by atomic mass is 10.1. The van der Waals surface area contributed by atoms with Gasteiger partial charge in [-0.1, -0.05) is 12.8 Å². The lowest BCUT2D eigenvalue weighted by molar-refractivity contribution is -0.143. The van der Waals surface area contributed by atoms with E-state index >= 15 is 0 Å². The molecule has 1 unspecified atom stereocenters. The predicted octanol–water partition coefficient (Wildman–Crippen LogP) is 0.392. The number of ether oxygens (including phenoxy) is 1. The molecule has 0 bridgehead atoms. The third kappa shape index (κ3) is 6.06. The maximum absolute atomic E-state index is 11.2. The van der Waals surface area contributed by atoms with Crippen LogP contribution in [-0.4, -0.2) is 36.2 Å². The molecule has 86 valence electrons. The predicted molar refractivity (Wildman–Crippen MR) is 53.4 cm³/mol. The van der Waals surface area contributed by atoms with Gasteiger partial charge in [-0.05, 0) is 19.3 Å². The normalized spacial score (nSPS) is 17.1. The molecule has 5 nitrogen and oxygen atoms in total. The average Bonchev–Trinajstić information content (AvgIpc) is 2.86. The smallest absolute Gasteiger partial charge is 0.329 e. The zero-order chi connectivity index (χ0) is 11.3. The van der Waals surface area contributed by atoms with Gasteiger partial charge in [0.05, 0.1) is 0 Å². The van der Waals surface area contributed by atoms with Crippen LogP contribution in [0.4, 0.5) is 0 Å². The number of carbonyl (C=O) groups is 2. The number of hydrogen-bond donors (Lipinski definition) is 2. The van der Waals surface area contributed by atoms with Crippen molar-refractivity contribution in [3.63, 3.8) is 0 Å². The Hall–Kier alpha value is -1.10. The lowest BCUT2D eigenvalue weighted by Gasteiger charge is -2.12. The Morgan fingerprint density at radius 3 is 2.67 bits per heavy atom. The lowest BCUT2D eigenvalue weighted by Crippen LogP contribution is -2.36. The summed E-state index contributed by atoms with van der Waals surface area (Å²) < 4.78 is 4.67. The van der Waals surface area contributed by atoms with E-state index in [-0.39, 0.29) is 18.6 Å². The molecule has 1 aliphatic carbocycles. The summed E-state index contributed by atoms with van der Waals surface area (Å²) in [4.78, 5) is 21.3. The van der Waals surface area contributed by atoms with Gasteiger partial charge in [-0.15, -0.1) is 0 Å². The quantitative estimate of drug-likeness (QED) is 0.644. The number of carboxylic acid groups (broad SMARTS) is 1. The molecule has 5 heteroatoms. The molecule has 1 amide bonds. The summed E-state index contributed by atoms with van der Waals surface area (Å²) in [7, 11) is 0. The highest BCUT2D eigenvalue weighted by Crippen LogP contribution is 2.33. The van der Waals surface area contributed by atoms with E-state index in [1.54, 1.807) is 0 Å². The van der Waals surface area contributed by atoms with Crippen LogP contribution >= 0.6 is 0 Å². The fourth-order valence-electron chi connectivity index (χ4n) is 1.46. The molecule has 1 aliphatic rings. The average molecular weight is 215 g/mol. The van der Waals surface area contributed by atoms with Gasteiger partial charge in [0.1, 0.15) is 13.2 Å². The van der Waals surface area contributed by atoms with Gasteiger partial charge < -0.3 is 15.2 Å². The molecule has 0 aromatic rings. The van der Waals surface area contributed by atoms with Gasteiger partial charge in [-0.25, -0.2) is 4.79 Å². The van der Waals surface area contributed by atoms with Gasteiger partial charge in [-0.2, -0.15) is 0 Å². The van der Waals surface area contributed by atoms with E-state index in [1.807, 2.05) is 6.92 Å². The Balaban J connectivity index is 2.03. The highest BCUT2D eigenvalue weighted by Gasteiger charge is 2.24. The molecule has 0 aromatic heterocycles. The van der Waals surface area contributed by atoms with Crippen molar-refractivity contribution >= 4 is 11.9 Å². The zero-order valence-corrected chi connectivity index (χ0v) is 8.86. The van der Waals surface area contributed by atoms with Crippen LogP contribution in [0.25, 0.3) is 0 Å². The molecule has 2 N–H and O–H groups in total. The summed E-state index contributed by atoms with van der Waals surface area (Å²) in [5, 5.41) is 11.0. The Morgan fingerprint density at radius 1 is 1.47 bits per heavy atom. The Bertz CT molecular complexity index is 238. The Kier molecular flexibility index (Phi) is 4.55. The molecular formula is C10H17NO4. The number of aliphatic carboxylic acids is 1. The molecule has 0 radical (unpaired) electrons. The van der Waals surface area contributed by atoms with Crippen molar-refractivity contribution in [2.75, 3.05) is 13.2 Å². The molecule has 0 spiro atoms. The standard InChI is InChI=1S/C10H17NO4/c1-7(4-8-2-3-8)11-9(12)5-15-6-10(13)14/h7-8H,2-6H2,1H3,(H,11,12)(H,13,14). The van der Waals surface area contributed by atoms with Crippen LogP contribution in [-0.2, 0) is 14.3 Å². The summed E-state index contributed by atoms with van der Waals surface area (Å²) in [6, 6.07) is 0.151. The van der Waals surface area contributed by atoms with Crippen molar-refractivity contribution in [2.45, 2.75) is 32.2 Å². The largest absolute Gasteiger partial charge is 0.480 e. The van der Waals surface area contributed by atoms with Gasteiger partial charge in [0.15, 0.2) is 0 Å². The van der Waals surface area contributed by atoms with Crippen LogP contribution in [0.15, 0.2) is 0 Å². The van der Waals surface area contributed by atoms with E-state index in [4.69, 9.17) is 5.11 Å². The first kappa shape index (κ1) is 12.0. The zero-order valence-electron chi connectivity index (χ0n) is 8.86. The summed E-state index contributed by atoms with van der Waals surface area (Å²) in [5.74, 6) is -0.543. The third-order valence-electron chi connectivity index (χ3n) is 2.25. The summed E-state index contributed by atoms with van der Waals surface area (Å²) in [5.41, 5.74) is 0. The van der Waals surface area contributed by atoms with Crippen molar-refractivity contribution in [3.05, 3.63) is 0 Å². The fourth-order valence-corrected chi connectivity index (χ4v) is 1.46.